The zero-order valence-electron chi connectivity index (χ0n) is 10.3. The molecule has 1 N–H and O–H groups in total. The highest BCUT2D eigenvalue weighted by atomic mass is 16.5. The molecule has 0 aromatic heterocycles. The van der Waals surface area contributed by atoms with Crippen LogP contribution >= 0.6 is 0 Å². The second kappa shape index (κ2) is 7.29. The van der Waals surface area contributed by atoms with Crippen LogP contribution in [0.3, 0.4) is 0 Å². The van der Waals surface area contributed by atoms with Crippen LogP contribution < -0.4 is 4.74 Å². The van der Waals surface area contributed by atoms with Gasteiger partial charge < -0.3 is 9.84 Å². The molecule has 90 valence electrons. The zero-order chi connectivity index (χ0) is 11.8. The summed E-state index contributed by atoms with van der Waals surface area (Å²) >= 11 is 0. The van der Waals surface area contributed by atoms with Crippen LogP contribution in [-0.2, 0) is 6.42 Å². The summed E-state index contributed by atoms with van der Waals surface area (Å²) in [6.45, 7) is 4.86. The summed E-state index contributed by atoms with van der Waals surface area (Å²) in [6, 6.07) is 8.09. The lowest BCUT2D eigenvalue weighted by Gasteiger charge is -2.12. The Kier molecular flexibility index (Phi) is 5.94. The molecule has 0 bridgehead atoms. The van der Waals surface area contributed by atoms with Gasteiger partial charge in [0.1, 0.15) is 5.75 Å². The van der Waals surface area contributed by atoms with Gasteiger partial charge in [0.2, 0.25) is 0 Å². The number of aliphatic hydroxyl groups is 1. The average molecular weight is 222 g/mol. The van der Waals surface area contributed by atoms with E-state index < -0.39 is 0 Å². The molecular formula is C14H22O2. The molecule has 1 aromatic rings. The molecule has 0 amide bonds. The molecule has 0 spiro atoms. The molecule has 16 heavy (non-hydrogen) atoms. The maximum Gasteiger partial charge on any atom is 0.122 e. The van der Waals surface area contributed by atoms with Gasteiger partial charge in [0.25, 0.3) is 0 Å². The highest BCUT2D eigenvalue weighted by Gasteiger charge is 2.06. The van der Waals surface area contributed by atoms with E-state index in [0.29, 0.717) is 0 Å². The third kappa shape index (κ3) is 4.23. The van der Waals surface area contributed by atoms with Crippen molar-refractivity contribution in [2.24, 2.45) is 0 Å². The van der Waals surface area contributed by atoms with Crippen LogP contribution in [0.1, 0.15) is 38.7 Å². The lowest BCUT2D eigenvalue weighted by atomic mass is 10.0. The highest BCUT2D eigenvalue weighted by molar-refractivity contribution is 5.33. The van der Waals surface area contributed by atoms with Gasteiger partial charge in [-0.1, -0.05) is 32.0 Å². The Morgan fingerprint density at radius 1 is 1.25 bits per heavy atom. The summed E-state index contributed by atoms with van der Waals surface area (Å²) in [7, 11) is 0. The van der Waals surface area contributed by atoms with E-state index >= 15 is 0 Å². The van der Waals surface area contributed by atoms with E-state index in [9.17, 15) is 5.11 Å². The van der Waals surface area contributed by atoms with Crippen LogP contribution in [0.2, 0.25) is 0 Å². The highest BCUT2D eigenvalue weighted by Crippen LogP contribution is 2.20. The summed E-state index contributed by atoms with van der Waals surface area (Å²) in [4.78, 5) is 0. The van der Waals surface area contributed by atoms with Crippen molar-refractivity contribution in [1.82, 2.24) is 0 Å². The van der Waals surface area contributed by atoms with Gasteiger partial charge in [0.05, 0.1) is 12.7 Å². The van der Waals surface area contributed by atoms with Crippen LogP contribution in [-0.4, -0.2) is 17.8 Å². The largest absolute Gasteiger partial charge is 0.493 e. The Bertz CT molecular complexity index is 297. The third-order valence-electron chi connectivity index (χ3n) is 2.65. The fourth-order valence-electron chi connectivity index (χ4n) is 1.59. The quantitative estimate of drug-likeness (QED) is 0.767. The number of hydrogen-bond acceptors (Lipinski definition) is 2. The van der Waals surface area contributed by atoms with Gasteiger partial charge in [-0.2, -0.15) is 0 Å². The Balaban J connectivity index is 2.56. The molecule has 0 aliphatic heterocycles. The molecule has 1 aromatic carbocycles. The molecule has 0 saturated carbocycles. The minimum Gasteiger partial charge on any atom is -0.493 e. The van der Waals surface area contributed by atoms with E-state index in [-0.39, 0.29) is 6.10 Å². The maximum absolute atomic E-state index is 9.55. The van der Waals surface area contributed by atoms with Gasteiger partial charge in [-0.3, -0.25) is 0 Å². The lowest BCUT2D eigenvalue weighted by molar-refractivity contribution is 0.160. The Labute approximate surface area is 98.3 Å². The second-order valence-corrected chi connectivity index (χ2v) is 4.06. The molecule has 0 aliphatic carbocycles. The summed E-state index contributed by atoms with van der Waals surface area (Å²) in [5.41, 5.74) is 1.20. The van der Waals surface area contributed by atoms with Crippen molar-refractivity contribution in [1.29, 1.82) is 0 Å². The SMILES string of the molecule is CCCOc1ccccc1CCC(O)CC. The number of ether oxygens (including phenoxy) is 1. The first kappa shape index (κ1) is 13.0. The number of hydrogen-bond donors (Lipinski definition) is 1. The Hall–Kier alpha value is -1.02. The van der Waals surface area contributed by atoms with E-state index in [0.717, 1.165) is 38.0 Å². The van der Waals surface area contributed by atoms with E-state index in [2.05, 4.69) is 13.0 Å². The van der Waals surface area contributed by atoms with Crippen LogP contribution in [0.25, 0.3) is 0 Å². The summed E-state index contributed by atoms with van der Waals surface area (Å²) in [6.07, 6.45) is 3.33. The van der Waals surface area contributed by atoms with Crippen molar-refractivity contribution in [2.75, 3.05) is 6.61 Å². The topological polar surface area (TPSA) is 29.5 Å². The van der Waals surface area contributed by atoms with E-state index in [1.165, 1.54) is 5.56 Å². The number of aliphatic hydroxyl groups excluding tert-OH is 1. The average Bonchev–Trinajstić information content (AvgIpc) is 2.34. The predicted octanol–water partition coefficient (Wildman–Crippen LogP) is 3.18. The van der Waals surface area contributed by atoms with Crippen molar-refractivity contribution in [3.8, 4) is 5.75 Å². The van der Waals surface area contributed by atoms with E-state index in [1.54, 1.807) is 0 Å². The minimum absolute atomic E-state index is 0.195. The van der Waals surface area contributed by atoms with Crippen LogP contribution in [0, 0.1) is 0 Å². The Morgan fingerprint density at radius 3 is 2.69 bits per heavy atom. The lowest BCUT2D eigenvalue weighted by Crippen LogP contribution is -2.07. The molecule has 1 rings (SSSR count). The predicted molar refractivity (Wildman–Crippen MR) is 66.8 cm³/mol. The maximum atomic E-state index is 9.55. The van der Waals surface area contributed by atoms with Gasteiger partial charge in [-0.15, -0.1) is 0 Å². The fourth-order valence-corrected chi connectivity index (χ4v) is 1.59. The molecular weight excluding hydrogens is 200 g/mol. The second-order valence-electron chi connectivity index (χ2n) is 4.06. The standard InChI is InChI=1S/C14H22O2/c1-3-11-16-14-8-6-5-7-12(14)9-10-13(15)4-2/h5-8,13,15H,3-4,9-11H2,1-2H3. The molecule has 0 radical (unpaired) electrons. The minimum atomic E-state index is -0.195. The first-order valence-electron chi connectivity index (χ1n) is 6.16. The van der Waals surface area contributed by atoms with Crippen molar-refractivity contribution < 1.29 is 9.84 Å². The van der Waals surface area contributed by atoms with E-state index in [4.69, 9.17) is 4.74 Å². The van der Waals surface area contributed by atoms with Gasteiger partial charge in [0.15, 0.2) is 0 Å². The molecule has 1 unspecified atom stereocenters. The molecule has 2 nitrogen and oxygen atoms in total. The number of benzene rings is 1. The van der Waals surface area contributed by atoms with Gasteiger partial charge in [0, 0.05) is 0 Å². The van der Waals surface area contributed by atoms with Crippen LogP contribution in [0.4, 0.5) is 0 Å². The zero-order valence-corrected chi connectivity index (χ0v) is 10.3. The Morgan fingerprint density at radius 2 is 2.00 bits per heavy atom. The third-order valence-corrected chi connectivity index (χ3v) is 2.65. The van der Waals surface area contributed by atoms with E-state index in [1.807, 2.05) is 25.1 Å². The molecule has 0 aliphatic rings. The van der Waals surface area contributed by atoms with Crippen LogP contribution in [0.15, 0.2) is 24.3 Å². The number of rotatable bonds is 7. The molecule has 0 fully saturated rings. The number of para-hydroxylation sites is 1. The molecule has 0 heterocycles. The summed E-state index contributed by atoms with van der Waals surface area (Å²) in [5, 5.41) is 9.55. The van der Waals surface area contributed by atoms with Gasteiger partial charge in [-0.25, -0.2) is 0 Å². The fraction of sp³-hybridized carbons (Fsp3) is 0.571. The van der Waals surface area contributed by atoms with Crippen molar-refractivity contribution in [3.63, 3.8) is 0 Å². The summed E-state index contributed by atoms with van der Waals surface area (Å²) in [5.74, 6) is 0.965. The molecule has 0 saturated heterocycles. The summed E-state index contributed by atoms with van der Waals surface area (Å²) < 4.78 is 5.67. The van der Waals surface area contributed by atoms with Crippen molar-refractivity contribution in [2.45, 2.75) is 45.6 Å². The number of aryl methyl sites for hydroxylation is 1. The van der Waals surface area contributed by atoms with Gasteiger partial charge >= 0.3 is 0 Å². The normalized spacial score (nSPS) is 12.4. The van der Waals surface area contributed by atoms with Crippen LogP contribution in [0.5, 0.6) is 5.75 Å². The first-order valence-corrected chi connectivity index (χ1v) is 6.16. The molecule has 2 heteroatoms. The smallest absolute Gasteiger partial charge is 0.122 e. The molecule has 1 atom stereocenters. The van der Waals surface area contributed by atoms with Gasteiger partial charge in [-0.05, 0) is 37.3 Å². The first-order chi connectivity index (χ1) is 7.77. The monoisotopic (exact) mass is 222 g/mol. The van der Waals surface area contributed by atoms with Crippen molar-refractivity contribution in [3.05, 3.63) is 29.8 Å². The van der Waals surface area contributed by atoms with Crippen molar-refractivity contribution >= 4 is 0 Å².